The maximum atomic E-state index is 5.75. The van der Waals surface area contributed by atoms with Gasteiger partial charge in [-0.2, -0.15) is 0 Å². The van der Waals surface area contributed by atoms with Gasteiger partial charge in [0.05, 0.1) is 12.6 Å². The average Bonchev–Trinajstić information content (AvgIpc) is 3.21. The molecule has 0 unspecified atom stereocenters. The van der Waals surface area contributed by atoms with Gasteiger partial charge in [0.25, 0.3) is 0 Å². The number of hydrogen-bond acceptors (Lipinski definition) is 4. The van der Waals surface area contributed by atoms with Crippen molar-refractivity contribution >= 4 is 35.8 Å². The molecule has 27 heavy (non-hydrogen) atoms. The van der Waals surface area contributed by atoms with E-state index in [-0.39, 0.29) is 24.0 Å². The van der Waals surface area contributed by atoms with E-state index in [1.54, 1.807) is 0 Å². The number of nitrogens with one attached hydrogen (secondary N) is 1. The minimum Gasteiger partial charge on any atom is -0.378 e. The lowest BCUT2D eigenvalue weighted by Gasteiger charge is -2.34. The topological polar surface area (TPSA) is 53.0 Å². The van der Waals surface area contributed by atoms with Gasteiger partial charge in [0.15, 0.2) is 5.96 Å². The average molecular weight is 487 g/mol. The number of aliphatic imine (C=N–C) groups is 1. The van der Waals surface area contributed by atoms with Crippen LogP contribution in [0.2, 0.25) is 0 Å². The lowest BCUT2D eigenvalue weighted by molar-refractivity contribution is 0.0263. The van der Waals surface area contributed by atoms with Crippen molar-refractivity contribution in [3.8, 4) is 0 Å². The third-order valence-electron chi connectivity index (χ3n) is 5.13. The molecule has 2 saturated heterocycles. The molecule has 7 heteroatoms. The second-order valence-corrected chi connectivity index (χ2v) is 7.03. The van der Waals surface area contributed by atoms with Crippen LogP contribution in [0.15, 0.2) is 23.3 Å². The van der Waals surface area contributed by atoms with Gasteiger partial charge in [-0.25, -0.2) is 9.98 Å². The highest BCUT2D eigenvalue weighted by molar-refractivity contribution is 14.0. The van der Waals surface area contributed by atoms with Gasteiger partial charge < -0.3 is 19.9 Å². The zero-order chi connectivity index (χ0) is 18.2. The van der Waals surface area contributed by atoms with Crippen LogP contribution >= 0.6 is 24.0 Å². The van der Waals surface area contributed by atoms with Crippen LogP contribution in [0, 0.1) is 0 Å². The number of guanidine groups is 1. The summed E-state index contributed by atoms with van der Waals surface area (Å²) >= 11 is 0. The van der Waals surface area contributed by atoms with Gasteiger partial charge in [-0.1, -0.05) is 6.07 Å². The molecular formula is C20H34IN5O. The Morgan fingerprint density at radius 1 is 1.19 bits per heavy atom. The molecule has 0 radical (unpaired) electrons. The number of aromatic nitrogens is 1. The predicted molar refractivity (Wildman–Crippen MR) is 122 cm³/mol. The van der Waals surface area contributed by atoms with Crippen LogP contribution in [-0.4, -0.2) is 61.3 Å². The van der Waals surface area contributed by atoms with E-state index in [2.05, 4.69) is 46.1 Å². The maximum Gasteiger partial charge on any atom is 0.194 e. The van der Waals surface area contributed by atoms with Crippen molar-refractivity contribution in [2.24, 2.45) is 4.99 Å². The lowest BCUT2D eigenvalue weighted by atomic mass is 10.1. The number of anilines is 1. The third kappa shape index (κ3) is 6.48. The molecule has 2 fully saturated rings. The number of piperidine rings is 1. The molecule has 1 aromatic rings. The summed E-state index contributed by atoms with van der Waals surface area (Å²) in [7, 11) is 0. The number of pyridine rings is 1. The number of likely N-dealkylation sites (tertiary alicyclic amines) is 1. The molecule has 0 aliphatic carbocycles. The first-order chi connectivity index (χ1) is 12.8. The Hall–Kier alpha value is -1.09. The van der Waals surface area contributed by atoms with Gasteiger partial charge in [0.2, 0.25) is 0 Å². The fraction of sp³-hybridized carbons (Fsp3) is 0.700. The van der Waals surface area contributed by atoms with Crippen molar-refractivity contribution in [2.45, 2.75) is 52.2 Å². The summed E-state index contributed by atoms with van der Waals surface area (Å²) in [6.07, 6.45) is 7.08. The second-order valence-electron chi connectivity index (χ2n) is 7.03. The van der Waals surface area contributed by atoms with Crippen molar-refractivity contribution < 1.29 is 4.74 Å². The fourth-order valence-electron chi connectivity index (χ4n) is 3.71. The Labute approximate surface area is 180 Å². The van der Waals surface area contributed by atoms with Crippen molar-refractivity contribution in [2.75, 3.05) is 44.2 Å². The van der Waals surface area contributed by atoms with Crippen LogP contribution in [0.4, 0.5) is 5.82 Å². The van der Waals surface area contributed by atoms with Crippen molar-refractivity contribution in [3.63, 3.8) is 0 Å². The van der Waals surface area contributed by atoms with Gasteiger partial charge in [-0.3, -0.25) is 0 Å². The van der Waals surface area contributed by atoms with E-state index in [1.165, 1.54) is 12.8 Å². The Morgan fingerprint density at radius 2 is 1.93 bits per heavy atom. The molecule has 0 saturated carbocycles. The largest absolute Gasteiger partial charge is 0.378 e. The van der Waals surface area contributed by atoms with Gasteiger partial charge in [0.1, 0.15) is 5.82 Å². The molecule has 3 heterocycles. The number of hydrogen-bond donors (Lipinski definition) is 1. The Kier molecular flexibility index (Phi) is 9.61. The van der Waals surface area contributed by atoms with Gasteiger partial charge >= 0.3 is 0 Å². The molecule has 152 valence electrons. The van der Waals surface area contributed by atoms with Crippen LogP contribution in [0.1, 0.15) is 45.1 Å². The molecule has 3 rings (SSSR count). The Balaban J connectivity index is 0.00000261. The van der Waals surface area contributed by atoms with Crippen LogP contribution in [0.3, 0.4) is 0 Å². The quantitative estimate of drug-likeness (QED) is 0.379. The van der Waals surface area contributed by atoms with Crippen LogP contribution in [0.25, 0.3) is 0 Å². The SMILES string of the molecule is CCNC(=NCc1ccc(N2CCCC2)nc1)N1CCC(OCC)CC1.I. The van der Waals surface area contributed by atoms with Gasteiger partial charge in [0, 0.05) is 45.5 Å². The molecule has 0 spiro atoms. The summed E-state index contributed by atoms with van der Waals surface area (Å²) in [4.78, 5) is 14.2. The number of nitrogens with zero attached hydrogens (tertiary/aromatic N) is 4. The Morgan fingerprint density at radius 3 is 2.52 bits per heavy atom. The summed E-state index contributed by atoms with van der Waals surface area (Å²) in [5.41, 5.74) is 1.16. The predicted octanol–water partition coefficient (Wildman–Crippen LogP) is 3.27. The zero-order valence-corrected chi connectivity index (χ0v) is 19.0. The molecule has 0 amide bonds. The first-order valence-electron chi connectivity index (χ1n) is 10.1. The lowest BCUT2D eigenvalue weighted by Crippen LogP contribution is -2.47. The Bertz CT molecular complexity index is 566. The van der Waals surface area contributed by atoms with Crippen LogP contribution in [-0.2, 0) is 11.3 Å². The molecule has 2 aliphatic heterocycles. The number of rotatable bonds is 6. The van der Waals surface area contributed by atoms with Gasteiger partial charge in [-0.05, 0) is 51.2 Å². The molecule has 0 aromatic carbocycles. The minimum atomic E-state index is 0. The van der Waals surface area contributed by atoms with Crippen LogP contribution < -0.4 is 10.2 Å². The molecule has 2 aliphatic rings. The molecule has 1 N–H and O–H groups in total. The number of halogens is 1. The molecule has 0 bridgehead atoms. The van der Waals surface area contributed by atoms with Crippen molar-refractivity contribution in [3.05, 3.63) is 23.9 Å². The van der Waals surface area contributed by atoms with E-state index in [4.69, 9.17) is 9.73 Å². The smallest absolute Gasteiger partial charge is 0.194 e. The van der Waals surface area contributed by atoms with E-state index in [0.29, 0.717) is 12.6 Å². The van der Waals surface area contributed by atoms with E-state index in [0.717, 1.165) is 69.5 Å². The highest BCUT2D eigenvalue weighted by Gasteiger charge is 2.21. The summed E-state index contributed by atoms with van der Waals surface area (Å²) in [5, 5.41) is 3.43. The molecule has 6 nitrogen and oxygen atoms in total. The number of ether oxygens (including phenoxy) is 1. The monoisotopic (exact) mass is 487 g/mol. The van der Waals surface area contributed by atoms with Crippen molar-refractivity contribution in [1.82, 2.24) is 15.2 Å². The van der Waals surface area contributed by atoms with E-state index in [1.807, 2.05) is 6.20 Å². The van der Waals surface area contributed by atoms with E-state index in [9.17, 15) is 0 Å². The van der Waals surface area contributed by atoms with Crippen molar-refractivity contribution in [1.29, 1.82) is 0 Å². The van der Waals surface area contributed by atoms with Gasteiger partial charge in [-0.15, -0.1) is 24.0 Å². The summed E-state index contributed by atoms with van der Waals surface area (Å²) < 4.78 is 5.75. The highest BCUT2D eigenvalue weighted by Crippen LogP contribution is 2.18. The van der Waals surface area contributed by atoms with E-state index >= 15 is 0 Å². The maximum absolute atomic E-state index is 5.75. The fourth-order valence-corrected chi connectivity index (χ4v) is 3.71. The molecule has 1 aromatic heterocycles. The van der Waals surface area contributed by atoms with E-state index < -0.39 is 0 Å². The molecule has 0 atom stereocenters. The minimum absolute atomic E-state index is 0. The first-order valence-corrected chi connectivity index (χ1v) is 10.1. The third-order valence-corrected chi connectivity index (χ3v) is 5.13. The molecular weight excluding hydrogens is 453 g/mol. The second kappa shape index (κ2) is 11.7. The standard InChI is InChI=1S/C20H33N5O.HI/c1-3-21-20(25-13-9-18(10-14-25)26-4-2)23-16-17-7-8-19(22-15-17)24-11-5-6-12-24;/h7-8,15,18H,3-6,9-14,16H2,1-2H3,(H,21,23);1H. The summed E-state index contributed by atoms with van der Waals surface area (Å²) in [6.45, 7) is 10.8. The first kappa shape index (κ1) is 22.2. The summed E-state index contributed by atoms with van der Waals surface area (Å²) in [6, 6.07) is 4.30. The highest BCUT2D eigenvalue weighted by atomic mass is 127. The summed E-state index contributed by atoms with van der Waals surface area (Å²) in [5.74, 6) is 2.10. The normalized spacial score (nSPS) is 18.5. The van der Waals surface area contributed by atoms with Crippen LogP contribution in [0.5, 0.6) is 0 Å². The zero-order valence-electron chi connectivity index (χ0n) is 16.7.